The average molecular weight is 326 g/mol. The van der Waals surface area contributed by atoms with Gasteiger partial charge in [0.05, 0.1) is 12.1 Å². The molecular weight excluding hydrogens is 312 g/mol. The van der Waals surface area contributed by atoms with E-state index >= 15 is 0 Å². The van der Waals surface area contributed by atoms with Crippen LogP contribution in [0.5, 0.6) is 0 Å². The van der Waals surface area contributed by atoms with Gasteiger partial charge in [-0.15, -0.1) is 0 Å². The van der Waals surface area contributed by atoms with Crippen molar-refractivity contribution in [3.63, 3.8) is 0 Å². The van der Waals surface area contributed by atoms with Gasteiger partial charge in [0.15, 0.2) is 0 Å². The van der Waals surface area contributed by atoms with Gasteiger partial charge in [-0.05, 0) is 0 Å². The lowest BCUT2D eigenvalue weighted by molar-refractivity contribution is -0.138. The Labute approximate surface area is 128 Å². The maximum atomic E-state index is 11.9. The van der Waals surface area contributed by atoms with Gasteiger partial charge in [0.25, 0.3) is 5.56 Å². The second kappa shape index (κ2) is 6.12. The van der Waals surface area contributed by atoms with Gasteiger partial charge in [-0.3, -0.25) is 14.5 Å². The number of carboxylic acids is 1. The molecule has 2 aromatic rings. The largest absolute Gasteiger partial charge is 0.481 e. The van der Waals surface area contributed by atoms with Gasteiger partial charge in [-0.25, -0.2) is 4.98 Å². The molecule has 1 saturated heterocycles. The summed E-state index contributed by atoms with van der Waals surface area (Å²) < 4.78 is 1.27. The highest BCUT2D eigenvalue weighted by Crippen LogP contribution is 2.20. The Morgan fingerprint density at radius 1 is 1.52 bits per heavy atom. The van der Waals surface area contributed by atoms with Crippen LogP contribution < -0.4 is 5.56 Å². The van der Waals surface area contributed by atoms with Crippen LogP contribution in [0.25, 0.3) is 4.96 Å². The Balaban J connectivity index is 1.82. The lowest BCUT2D eigenvalue weighted by Crippen LogP contribution is -2.43. The fourth-order valence-electron chi connectivity index (χ4n) is 2.38. The fourth-order valence-corrected chi connectivity index (χ4v) is 4.15. The number of carbonyl (C=O) groups is 1. The first-order valence-electron chi connectivity index (χ1n) is 6.49. The lowest BCUT2D eigenvalue weighted by atomic mass is 10.2. The van der Waals surface area contributed by atoms with Crippen molar-refractivity contribution in [1.29, 1.82) is 0 Å². The van der Waals surface area contributed by atoms with E-state index in [-0.39, 0.29) is 18.0 Å². The molecule has 1 fully saturated rings. The number of fused-ring (bicyclic) bond motifs is 1. The third-order valence-electron chi connectivity index (χ3n) is 3.36. The molecule has 0 saturated carbocycles. The summed E-state index contributed by atoms with van der Waals surface area (Å²) in [7, 11) is 0. The summed E-state index contributed by atoms with van der Waals surface area (Å²) in [6.07, 6.45) is 0.120. The zero-order valence-corrected chi connectivity index (χ0v) is 12.8. The third-order valence-corrected chi connectivity index (χ3v) is 5.13. The van der Waals surface area contributed by atoms with E-state index in [9.17, 15) is 9.59 Å². The van der Waals surface area contributed by atoms with Gasteiger partial charge >= 0.3 is 5.97 Å². The van der Waals surface area contributed by atoms with Crippen molar-refractivity contribution in [2.75, 3.05) is 18.1 Å². The normalized spacial score (nSPS) is 19.9. The van der Waals surface area contributed by atoms with E-state index in [1.54, 1.807) is 17.3 Å². The van der Waals surface area contributed by atoms with Crippen molar-refractivity contribution in [3.05, 3.63) is 27.6 Å². The molecule has 0 aliphatic carbocycles. The molecule has 0 radical (unpaired) electrons. The smallest absolute Gasteiger partial charge is 0.304 e. The number of aliphatic carboxylic acids is 1. The minimum Gasteiger partial charge on any atom is -0.481 e. The summed E-state index contributed by atoms with van der Waals surface area (Å²) in [5.41, 5.74) is 2.06. The SMILES string of the molecule is O=C(O)CC1CSCCN1Cc1cc(=O)n2ncsc2n1. The van der Waals surface area contributed by atoms with Crippen molar-refractivity contribution in [1.82, 2.24) is 19.5 Å². The molecule has 0 amide bonds. The molecule has 21 heavy (non-hydrogen) atoms. The van der Waals surface area contributed by atoms with Gasteiger partial charge in [-0.1, -0.05) is 11.3 Å². The van der Waals surface area contributed by atoms with Crippen LogP contribution in [-0.4, -0.2) is 54.7 Å². The molecule has 112 valence electrons. The van der Waals surface area contributed by atoms with E-state index in [1.807, 2.05) is 0 Å². The molecule has 0 aromatic carbocycles. The second-order valence-corrected chi connectivity index (χ2v) is 6.78. The number of rotatable bonds is 4. The summed E-state index contributed by atoms with van der Waals surface area (Å²) in [4.78, 5) is 30.0. The fraction of sp³-hybridized carbons (Fsp3) is 0.500. The average Bonchev–Trinajstić information content (AvgIpc) is 2.89. The number of aromatic nitrogens is 3. The van der Waals surface area contributed by atoms with Crippen molar-refractivity contribution in [2.24, 2.45) is 0 Å². The first-order valence-corrected chi connectivity index (χ1v) is 8.53. The van der Waals surface area contributed by atoms with Gasteiger partial charge in [0.1, 0.15) is 5.51 Å². The molecular formula is C12H14N4O3S2. The van der Waals surface area contributed by atoms with E-state index < -0.39 is 5.97 Å². The van der Waals surface area contributed by atoms with Gasteiger partial charge in [0, 0.05) is 36.7 Å². The Hall–Kier alpha value is -1.45. The zero-order valence-electron chi connectivity index (χ0n) is 11.1. The van der Waals surface area contributed by atoms with Crippen LogP contribution in [0.4, 0.5) is 0 Å². The highest BCUT2D eigenvalue weighted by atomic mass is 32.2. The van der Waals surface area contributed by atoms with Gasteiger partial charge in [0.2, 0.25) is 4.96 Å². The molecule has 1 atom stereocenters. The monoisotopic (exact) mass is 326 g/mol. The van der Waals surface area contributed by atoms with Crippen molar-refractivity contribution in [2.45, 2.75) is 19.0 Å². The van der Waals surface area contributed by atoms with Crippen molar-refractivity contribution in [3.8, 4) is 0 Å². The molecule has 0 spiro atoms. The predicted molar refractivity (Wildman–Crippen MR) is 80.9 cm³/mol. The van der Waals surface area contributed by atoms with Crippen molar-refractivity contribution < 1.29 is 9.90 Å². The minimum absolute atomic E-state index is 0.0111. The summed E-state index contributed by atoms with van der Waals surface area (Å²) >= 11 is 3.08. The molecule has 0 bridgehead atoms. The Bertz CT molecular complexity index is 714. The van der Waals surface area contributed by atoms with Crippen LogP contribution in [0.1, 0.15) is 12.1 Å². The molecule has 2 aromatic heterocycles. The van der Waals surface area contributed by atoms with E-state index in [0.717, 1.165) is 18.1 Å². The highest BCUT2D eigenvalue weighted by molar-refractivity contribution is 7.99. The first-order chi connectivity index (χ1) is 10.1. The second-order valence-electron chi connectivity index (χ2n) is 4.82. The Kier molecular flexibility index (Phi) is 4.22. The Morgan fingerprint density at radius 3 is 3.19 bits per heavy atom. The van der Waals surface area contributed by atoms with E-state index in [4.69, 9.17) is 5.11 Å². The molecule has 1 unspecified atom stereocenters. The standard InChI is InChI=1S/C12H14N4O3S2/c17-10-3-8(14-12-16(10)13-7-21-12)5-15-1-2-20-6-9(15)4-11(18)19/h3,7,9H,1-2,4-6H2,(H,18,19). The van der Waals surface area contributed by atoms with Gasteiger partial charge < -0.3 is 5.11 Å². The molecule has 1 aliphatic heterocycles. The number of hydrogen-bond donors (Lipinski definition) is 1. The summed E-state index contributed by atoms with van der Waals surface area (Å²) in [5.74, 6) is 0.977. The van der Waals surface area contributed by atoms with Crippen LogP contribution in [0.3, 0.4) is 0 Å². The molecule has 7 nitrogen and oxygen atoms in total. The molecule has 1 N–H and O–H groups in total. The molecule has 3 rings (SSSR count). The van der Waals surface area contributed by atoms with Crippen LogP contribution >= 0.6 is 23.1 Å². The van der Waals surface area contributed by atoms with Crippen molar-refractivity contribution >= 4 is 34.0 Å². The minimum atomic E-state index is -0.793. The van der Waals surface area contributed by atoms with E-state index in [2.05, 4.69) is 15.0 Å². The van der Waals surface area contributed by atoms with E-state index in [1.165, 1.54) is 21.9 Å². The lowest BCUT2D eigenvalue weighted by Gasteiger charge is -2.34. The highest BCUT2D eigenvalue weighted by Gasteiger charge is 2.25. The van der Waals surface area contributed by atoms with Crippen LogP contribution in [-0.2, 0) is 11.3 Å². The van der Waals surface area contributed by atoms with Gasteiger partial charge in [-0.2, -0.15) is 21.4 Å². The van der Waals surface area contributed by atoms with Crippen LogP contribution in [0.15, 0.2) is 16.4 Å². The summed E-state index contributed by atoms with van der Waals surface area (Å²) in [6, 6.07) is 1.47. The third kappa shape index (κ3) is 3.25. The Morgan fingerprint density at radius 2 is 2.38 bits per heavy atom. The molecule has 1 aliphatic rings. The van der Waals surface area contributed by atoms with Crippen LogP contribution in [0.2, 0.25) is 0 Å². The number of hydrogen-bond acceptors (Lipinski definition) is 7. The molecule has 9 heteroatoms. The maximum Gasteiger partial charge on any atom is 0.304 e. The summed E-state index contributed by atoms with van der Waals surface area (Å²) in [5, 5.41) is 12.9. The molecule has 3 heterocycles. The topological polar surface area (TPSA) is 87.8 Å². The quantitative estimate of drug-likeness (QED) is 0.877. The maximum absolute atomic E-state index is 11.9. The number of nitrogens with zero attached hydrogens (tertiary/aromatic N) is 4. The first kappa shape index (κ1) is 14.5. The number of thioether (sulfide) groups is 1. The van der Waals surface area contributed by atoms with Crippen LogP contribution in [0, 0.1) is 0 Å². The van der Waals surface area contributed by atoms with E-state index in [0.29, 0.717) is 17.2 Å². The summed E-state index contributed by atoms with van der Waals surface area (Å²) in [6.45, 7) is 1.31. The zero-order chi connectivity index (χ0) is 14.8. The predicted octanol–water partition coefficient (Wildman–Crippen LogP) is 0.543. The number of carboxylic acid groups (broad SMARTS) is 1.